The second-order valence-electron chi connectivity index (χ2n) is 4.79. The first-order valence-electron chi connectivity index (χ1n) is 6.43. The molecule has 0 fully saturated rings. The molecule has 0 spiro atoms. The third-order valence-corrected chi connectivity index (χ3v) is 5.02. The van der Waals surface area contributed by atoms with E-state index in [1.54, 1.807) is 6.07 Å². The van der Waals surface area contributed by atoms with Gasteiger partial charge in [0.15, 0.2) is 5.16 Å². The number of nitrogens with one attached hydrogen (secondary N) is 1. The standard InChI is InChI=1S/C15H14ClN3OS/c1-9-11(16)7-6-10(14(9)17)8-21(20)15-18-12-4-2-3-5-13(12)19-15/h2-7H,8,17H2,1H3,(H,18,19). The second-order valence-corrected chi connectivity index (χ2v) is 6.57. The first-order chi connectivity index (χ1) is 10.1. The molecule has 0 bridgehead atoms. The fourth-order valence-electron chi connectivity index (χ4n) is 2.13. The van der Waals surface area contributed by atoms with E-state index in [-0.39, 0.29) is 0 Å². The van der Waals surface area contributed by atoms with Crippen molar-refractivity contribution in [2.24, 2.45) is 0 Å². The number of imidazole rings is 1. The van der Waals surface area contributed by atoms with Crippen LogP contribution in [0.2, 0.25) is 5.02 Å². The van der Waals surface area contributed by atoms with Crippen molar-refractivity contribution in [2.45, 2.75) is 17.8 Å². The molecule has 0 saturated carbocycles. The van der Waals surface area contributed by atoms with Crippen LogP contribution in [0.15, 0.2) is 41.6 Å². The third kappa shape index (κ3) is 2.66. The maximum atomic E-state index is 12.5. The Labute approximate surface area is 129 Å². The van der Waals surface area contributed by atoms with E-state index in [0.29, 0.717) is 21.6 Å². The first-order valence-corrected chi connectivity index (χ1v) is 8.12. The molecule has 1 heterocycles. The molecule has 0 saturated heterocycles. The summed E-state index contributed by atoms with van der Waals surface area (Å²) in [5.41, 5.74) is 9.94. The molecule has 21 heavy (non-hydrogen) atoms. The van der Waals surface area contributed by atoms with Crippen molar-refractivity contribution in [3.63, 3.8) is 0 Å². The number of halogens is 1. The number of aromatic nitrogens is 2. The molecule has 108 valence electrons. The van der Waals surface area contributed by atoms with E-state index in [9.17, 15) is 4.21 Å². The summed E-state index contributed by atoms with van der Waals surface area (Å²) in [4.78, 5) is 7.44. The van der Waals surface area contributed by atoms with Crippen LogP contribution in [-0.4, -0.2) is 14.2 Å². The van der Waals surface area contributed by atoms with Crippen molar-refractivity contribution in [2.75, 3.05) is 5.73 Å². The zero-order chi connectivity index (χ0) is 15.0. The van der Waals surface area contributed by atoms with Gasteiger partial charge in [0.2, 0.25) is 0 Å². The topological polar surface area (TPSA) is 71.8 Å². The SMILES string of the molecule is Cc1c(Cl)ccc(CS(=O)c2nc3ccccc3[nH]2)c1N. The second kappa shape index (κ2) is 5.50. The van der Waals surface area contributed by atoms with Crippen LogP contribution in [0.1, 0.15) is 11.1 Å². The summed E-state index contributed by atoms with van der Waals surface area (Å²) in [7, 11) is -1.28. The van der Waals surface area contributed by atoms with Gasteiger partial charge in [-0.2, -0.15) is 0 Å². The minimum atomic E-state index is -1.28. The van der Waals surface area contributed by atoms with Gasteiger partial charge in [-0.25, -0.2) is 4.98 Å². The van der Waals surface area contributed by atoms with Gasteiger partial charge in [-0.05, 0) is 36.2 Å². The van der Waals surface area contributed by atoms with Crippen molar-refractivity contribution >= 4 is 39.1 Å². The first kappa shape index (κ1) is 14.1. The molecule has 0 amide bonds. The molecule has 0 aliphatic rings. The molecule has 0 radical (unpaired) electrons. The molecule has 4 nitrogen and oxygen atoms in total. The van der Waals surface area contributed by atoms with E-state index in [0.717, 1.165) is 22.2 Å². The molecule has 2 aromatic carbocycles. The average Bonchev–Trinajstić information content (AvgIpc) is 2.92. The van der Waals surface area contributed by atoms with Crippen LogP contribution in [-0.2, 0) is 16.6 Å². The molecule has 1 atom stereocenters. The van der Waals surface area contributed by atoms with Gasteiger partial charge < -0.3 is 10.7 Å². The normalized spacial score (nSPS) is 12.7. The number of nitrogen functional groups attached to an aromatic ring is 1. The Morgan fingerprint density at radius 3 is 2.81 bits per heavy atom. The van der Waals surface area contributed by atoms with Crippen LogP contribution in [0, 0.1) is 6.92 Å². The lowest BCUT2D eigenvalue weighted by Crippen LogP contribution is -2.03. The Balaban J connectivity index is 1.91. The maximum absolute atomic E-state index is 12.5. The Hall–Kier alpha value is -1.85. The van der Waals surface area contributed by atoms with Crippen molar-refractivity contribution in [3.05, 3.63) is 52.5 Å². The van der Waals surface area contributed by atoms with Gasteiger partial charge in [0.25, 0.3) is 0 Å². The minimum Gasteiger partial charge on any atom is -0.398 e. The number of aromatic amines is 1. The molecular weight excluding hydrogens is 306 g/mol. The average molecular weight is 320 g/mol. The van der Waals surface area contributed by atoms with Gasteiger partial charge in [0, 0.05) is 10.7 Å². The summed E-state index contributed by atoms with van der Waals surface area (Å²) in [5.74, 6) is 0.309. The molecule has 3 N–H and O–H groups in total. The van der Waals surface area contributed by atoms with Gasteiger partial charge in [0.05, 0.1) is 27.6 Å². The highest BCUT2D eigenvalue weighted by atomic mass is 35.5. The summed E-state index contributed by atoms with van der Waals surface area (Å²) in [6, 6.07) is 11.2. The molecule has 0 aliphatic heterocycles. The van der Waals surface area contributed by atoms with Crippen molar-refractivity contribution in [3.8, 4) is 0 Å². The van der Waals surface area contributed by atoms with Crippen molar-refractivity contribution < 1.29 is 4.21 Å². The molecular formula is C15H14ClN3OS. The number of nitrogens with zero attached hydrogens (tertiary/aromatic N) is 1. The lowest BCUT2D eigenvalue weighted by atomic mass is 10.1. The zero-order valence-corrected chi connectivity index (χ0v) is 13.0. The monoisotopic (exact) mass is 319 g/mol. The number of nitrogens with two attached hydrogens (primary N) is 1. The highest BCUT2D eigenvalue weighted by Gasteiger charge is 2.13. The van der Waals surface area contributed by atoms with Gasteiger partial charge >= 0.3 is 0 Å². The fourth-order valence-corrected chi connectivity index (χ4v) is 3.39. The highest BCUT2D eigenvalue weighted by molar-refractivity contribution is 7.84. The van der Waals surface area contributed by atoms with Crippen LogP contribution in [0.25, 0.3) is 11.0 Å². The van der Waals surface area contributed by atoms with Crippen LogP contribution in [0.4, 0.5) is 5.69 Å². The largest absolute Gasteiger partial charge is 0.398 e. The number of rotatable bonds is 3. The molecule has 1 aromatic heterocycles. The summed E-state index contributed by atoms with van der Waals surface area (Å²) >= 11 is 6.02. The van der Waals surface area contributed by atoms with E-state index in [1.165, 1.54) is 0 Å². The molecule has 1 unspecified atom stereocenters. The lowest BCUT2D eigenvalue weighted by molar-refractivity contribution is 0.677. The van der Waals surface area contributed by atoms with E-state index in [4.69, 9.17) is 17.3 Å². The number of para-hydroxylation sites is 2. The molecule has 0 aliphatic carbocycles. The molecule has 3 rings (SSSR count). The van der Waals surface area contributed by atoms with E-state index in [1.807, 2.05) is 37.3 Å². The van der Waals surface area contributed by atoms with Crippen LogP contribution in [0.3, 0.4) is 0 Å². The maximum Gasteiger partial charge on any atom is 0.197 e. The number of benzene rings is 2. The number of hydrogen-bond donors (Lipinski definition) is 2. The van der Waals surface area contributed by atoms with Gasteiger partial charge in [-0.15, -0.1) is 0 Å². The summed E-state index contributed by atoms with van der Waals surface area (Å²) in [5, 5.41) is 1.08. The predicted molar refractivity (Wildman–Crippen MR) is 86.8 cm³/mol. The third-order valence-electron chi connectivity index (χ3n) is 3.41. The fraction of sp³-hybridized carbons (Fsp3) is 0.133. The van der Waals surface area contributed by atoms with Crippen LogP contribution < -0.4 is 5.73 Å². The zero-order valence-electron chi connectivity index (χ0n) is 11.4. The lowest BCUT2D eigenvalue weighted by Gasteiger charge is -2.08. The van der Waals surface area contributed by atoms with E-state index in [2.05, 4.69) is 9.97 Å². The smallest absolute Gasteiger partial charge is 0.197 e. The van der Waals surface area contributed by atoms with E-state index < -0.39 is 10.8 Å². The minimum absolute atomic E-state index is 0.309. The summed E-state index contributed by atoms with van der Waals surface area (Å²) in [6.07, 6.45) is 0. The van der Waals surface area contributed by atoms with Gasteiger partial charge in [-0.1, -0.05) is 29.8 Å². The van der Waals surface area contributed by atoms with Gasteiger partial charge in [-0.3, -0.25) is 4.21 Å². The Kier molecular flexibility index (Phi) is 3.69. The van der Waals surface area contributed by atoms with Crippen LogP contribution >= 0.6 is 11.6 Å². The Morgan fingerprint density at radius 2 is 2.05 bits per heavy atom. The summed E-state index contributed by atoms with van der Waals surface area (Å²) < 4.78 is 12.5. The quantitative estimate of drug-likeness (QED) is 0.727. The van der Waals surface area contributed by atoms with Crippen LogP contribution in [0.5, 0.6) is 0 Å². The number of hydrogen-bond acceptors (Lipinski definition) is 3. The van der Waals surface area contributed by atoms with Crippen molar-refractivity contribution in [1.82, 2.24) is 9.97 Å². The predicted octanol–water partition coefficient (Wildman–Crippen LogP) is 3.41. The number of anilines is 1. The highest BCUT2D eigenvalue weighted by Crippen LogP contribution is 2.26. The van der Waals surface area contributed by atoms with Crippen molar-refractivity contribution in [1.29, 1.82) is 0 Å². The number of H-pyrrole nitrogens is 1. The molecule has 3 aromatic rings. The Bertz CT molecular complexity index is 811. The van der Waals surface area contributed by atoms with E-state index >= 15 is 0 Å². The Morgan fingerprint density at radius 1 is 1.29 bits per heavy atom. The summed E-state index contributed by atoms with van der Waals surface area (Å²) in [6.45, 7) is 1.85. The van der Waals surface area contributed by atoms with Gasteiger partial charge in [0.1, 0.15) is 0 Å². The number of fused-ring (bicyclic) bond motifs is 1. The molecule has 6 heteroatoms.